The van der Waals surface area contributed by atoms with Crippen molar-refractivity contribution >= 4 is 22.5 Å². The zero-order chi connectivity index (χ0) is 17.7. The lowest BCUT2D eigenvalue weighted by Gasteiger charge is -2.22. The Labute approximate surface area is 142 Å². The first kappa shape index (κ1) is 15.4. The third-order valence-corrected chi connectivity index (χ3v) is 4.37. The van der Waals surface area contributed by atoms with Gasteiger partial charge >= 0.3 is 0 Å². The van der Waals surface area contributed by atoms with Crippen LogP contribution in [0.25, 0.3) is 11.0 Å². The largest absolute Gasteiger partial charge is 0.495 e. The predicted octanol–water partition coefficient (Wildman–Crippen LogP) is 2.72. The van der Waals surface area contributed by atoms with Gasteiger partial charge in [-0.1, -0.05) is 24.3 Å². The van der Waals surface area contributed by atoms with Crippen molar-refractivity contribution in [3.8, 4) is 11.5 Å². The molecule has 3 aromatic rings. The number of ether oxygens (including phenoxy) is 2. The van der Waals surface area contributed by atoms with Crippen molar-refractivity contribution < 1.29 is 28.6 Å². The predicted molar refractivity (Wildman–Crippen MR) is 88.5 cm³/mol. The van der Waals surface area contributed by atoms with Gasteiger partial charge in [-0.2, -0.15) is 0 Å². The molecule has 126 valence electrons. The van der Waals surface area contributed by atoms with Crippen molar-refractivity contribution in [1.82, 2.24) is 0 Å². The lowest BCUT2D eigenvalue weighted by atomic mass is 9.82. The molecule has 0 bridgehead atoms. The minimum atomic E-state index is -0.329. The number of rotatable bonds is 3. The average Bonchev–Trinajstić information content (AvgIpc) is 3.08. The van der Waals surface area contributed by atoms with Gasteiger partial charge in [0.2, 0.25) is 0 Å². The third-order valence-electron chi connectivity index (χ3n) is 4.37. The van der Waals surface area contributed by atoms with E-state index < -0.39 is 0 Å². The Hall–Kier alpha value is -3.12. The van der Waals surface area contributed by atoms with E-state index >= 15 is 0 Å². The summed E-state index contributed by atoms with van der Waals surface area (Å²) in [6, 6.07) is 8.21. The summed E-state index contributed by atoms with van der Waals surface area (Å²) in [5.41, 5.74) is 1.18. The molecule has 0 saturated carbocycles. The Kier molecular flexibility index (Phi) is 3.36. The van der Waals surface area contributed by atoms with E-state index in [0.717, 1.165) is 0 Å². The van der Waals surface area contributed by atoms with E-state index in [0.29, 0.717) is 16.5 Å². The Morgan fingerprint density at radius 3 is 2.04 bits per heavy atom. The van der Waals surface area contributed by atoms with Crippen molar-refractivity contribution in [3.05, 3.63) is 58.3 Å². The molecule has 0 radical (unpaired) electrons. The third kappa shape index (κ3) is 1.94. The molecule has 1 aromatic heterocycles. The van der Waals surface area contributed by atoms with E-state index in [-0.39, 0.29) is 52.1 Å². The standard InChI is InChI=1S/C19H14O6/c1-23-17-12-7-9(8-20)25-18(12)19(24-2)14-13(17)15(21)10-5-3-4-6-11(10)16(14)22/h3-7,20H,8H2,1-2H3. The number of ketones is 2. The normalized spacial score (nSPS) is 12.9. The number of aliphatic hydroxyl groups excluding tert-OH is 1. The maximum Gasteiger partial charge on any atom is 0.198 e. The number of furan rings is 1. The van der Waals surface area contributed by atoms with Crippen LogP contribution in [0, 0.1) is 0 Å². The van der Waals surface area contributed by atoms with Crippen LogP contribution in [0.1, 0.15) is 37.6 Å². The van der Waals surface area contributed by atoms with Gasteiger partial charge in [0.25, 0.3) is 0 Å². The minimum absolute atomic E-state index is 0.120. The summed E-state index contributed by atoms with van der Waals surface area (Å²) in [4.78, 5) is 26.1. The Morgan fingerprint density at radius 1 is 0.960 bits per heavy atom. The maximum atomic E-state index is 13.1. The Balaban J connectivity index is 2.18. The number of hydrogen-bond donors (Lipinski definition) is 1. The Morgan fingerprint density at radius 2 is 1.52 bits per heavy atom. The first-order chi connectivity index (χ1) is 12.1. The van der Waals surface area contributed by atoms with Gasteiger partial charge < -0.3 is 19.0 Å². The number of benzene rings is 2. The van der Waals surface area contributed by atoms with Gasteiger partial charge in [-0.05, 0) is 6.07 Å². The summed E-state index contributed by atoms with van der Waals surface area (Å²) in [7, 11) is 2.83. The maximum absolute atomic E-state index is 13.1. The topological polar surface area (TPSA) is 86.0 Å². The van der Waals surface area contributed by atoms with Gasteiger partial charge in [0.05, 0.1) is 30.7 Å². The molecule has 4 rings (SSSR count). The van der Waals surface area contributed by atoms with E-state index in [1.807, 2.05) is 0 Å². The summed E-state index contributed by atoms with van der Waals surface area (Å²) in [5.74, 6) is 0.0463. The summed E-state index contributed by atoms with van der Waals surface area (Å²) < 4.78 is 16.5. The van der Waals surface area contributed by atoms with Crippen molar-refractivity contribution in [1.29, 1.82) is 0 Å². The zero-order valence-electron chi connectivity index (χ0n) is 13.6. The van der Waals surface area contributed by atoms with Crippen LogP contribution in [0.3, 0.4) is 0 Å². The molecule has 0 spiro atoms. The van der Waals surface area contributed by atoms with Gasteiger partial charge in [0, 0.05) is 11.1 Å². The van der Waals surface area contributed by atoms with Crippen LogP contribution < -0.4 is 9.47 Å². The number of carbonyl (C=O) groups excluding carboxylic acids is 2. The monoisotopic (exact) mass is 338 g/mol. The summed E-state index contributed by atoms with van der Waals surface area (Å²) >= 11 is 0. The van der Waals surface area contributed by atoms with E-state index in [1.165, 1.54) is 14.2 Å². The molecule has 6 heteroatoms. The van der Waals surface area contributed by atoms with Gasteiger partial charge in [-0.15, -0.1) is 0 Å². The van der Waals surface area contributed by atoms with Crippen molar-refractivity contribution in [2.45, 2.75) is 6.61 Å². The molecular weight excluding hydrogens is 324 g/mol. The molecule has 25 heavy (non-hydrogen) atoms. The van der Waals surface area contributed by atoms with Crippen LogP contribution in [-0.4, -0.2) is 30.9 Å². The van der Waals surface area contributed by atoms with Crippen LogP contribution in [0.2, 0.25) is 0 Å². The van der Waals surface area contributed by atoms with Gasteiger partial charge in [0.1, 0.15) is 18.1 Å². The molecular formula is C19H14O6. The number of aliphatic hydroxyl groups is 1. The second-order valence-electron chi connectivity index (χ2n) is 5.63. The van der Waals surface area contributed by atoms with E-state index in [4.69, 9.17) is 13.9 Å². The van der Waals surface area contributed by atoms with E-state index in [1.54, 1.807) is 30.3 Å². The minimum Gasteiger partial charge on any atom is -0.495 e. The van der Waals surface area contributed by atoms with Gasteiger partial charge in [-0.25, -0.2) is 0 Å². The molecule has 6 nitrogen and oxygen atoms in total. The van der Waals surface area contributed by atoms with Crippen LogP contribution in [0.15, 0.2) is 34.7 Å². The highest BCUT2D eigenvalue weighted by atomic mass is 16.5. The average molecular weight is 338 g/mol. The molecule has 2 aromatic carbocycles. The molecule has 0 fully saturated rings. The van der Waals surface area contributed by atoms with Crippen LogP contribution in [0.4, 0.5) is 0 Å². The van der Waals surface area contributed by atoms with Crippen LogP contribution >= 0.6 is 0 Å². The smallest absolute Gasteiger partial charge is 0.198 e. The van der Waals surface area contributed by atoms with Gasteiger partial charge in [-0.3, -0.25) is 9.59 Å². The Bertz CT molecular complexity index is 964. The number of methoxy groups -OCH3 is 2. The van der Waals surface area contributed by atoms with Crippen LogP contribution in [-0.2, 0) is 6.61 Å². The first-order valence-corrected chi connectivity index (χ1v) is 7.62. The lowest BCUT2D eigenvalue weighted by Crippen LogP contribution is -2.22. The molecule has 0 aliphatic heterocycles. The lowest BCUT2D eigenvalue weighted by molar-refractivity contribution is 0.0974. The molecule has 0 unspecified atom stereocenters. The highest BCUT2D eigenvalue weighted by molar-refractivity contribution is 6.32. The van der Waals surface area contributed by atoms with E-state index in [9.17, 15) is 14.7 Å². The molecule has 1 N–H and O–H groups in total. The van der Waals surface area contributed by atoms with Crippen LogP contribution in [0.5, 0.6) is 11.5 Å². The van der Waals surface area contributed by atoms with Crippen molar-refractivity contribution in [2.75, 3.05) is 14.2 Å². The highest BCUT2D eigenvalue weighted by Crippen LogP contribution is 2.46. The SMILES string of the molecule is COc1c2c(c(OC)c3oc(CO)cc13)C(=O)c1ccccc1C2=O. The fourth-order valence-corrected chi connectivity index (χ4v) is 3.32. The quantitative estimate of drug-likeness (QED) is 0.618. The second kappa shape index (κ2) is 5.46. The van der Waals surface area contributed by atoms with Gasteiger partial charge in [0.15, 0.2) is 22.9 Å². The van der Waals surface area contributed by atoms with Crippen molar-refractivity contribution in [2.24, 2.45) is 0 Å². The highest BCUT2D eigenvalue weighted by Gasteiger charge is 2.38. The molecule has 1 heterocycles. The number of carbonyl (C=O) groups is 2. The molecule has 0 atom stereocenters. The molecule has 0 saturated heterocycles. The summed E-state index contributed by atoms with van der Waals surface area (Å²) in [6.07, 6.45) is 0. The molecule has 0 amide bonds. The molecule has 1 aliphatic rings. The first-order valence-electron chi connectivity index (χ1n) is 7.62. The van der Waals surface area contributed by atoms with Crippen molar-refractivity contribution in [3.63, 3.8) is 0 Å². The fourth-order valence-electron chi connectivity index (χ4n) is 3.32. The molecule has 1 aliphatic carbocycles. The summed E-state index contributed by atoms with van der Waals surface area (Å²) in [5, 5.41) is 9.84. The number of hydrogen-bond acceptors (Lipinski definition) is 6. The van der Waals surface area contributed by atoms with E-state index in [2.05, 4.69) is 0 Å². The number of fused-ring (bicyclic) bond motifs is 3. The fraction of sp³-hybridized carbons (Fsp3) is 0.158. The zero-order valence-corrected chi connectivity index (χ0v) is 13.6. The summed E-state index contributed by atoms with van der Waals surface area (Å²) in [6.45, 7) is -0.326. The second-order valence-corrected chi connectivity index (χ2v) is 5.63.